The van der Waals surface area contributed by atoms with Crippen LogP contribution in [0.15, 0.2) is 41.0 Å². The molecule has 1 aromatic heterocycles. The Morgan fingerprint density at radius 3 is 2.52 bits per heavy atom. The molecule has 0 spiro atoms. The molecule has 1 saturated heterocycles. The van der Waals surface area contributed by atoms with Gasteiger partial charge in [0.2, 0.25) is 0 Å². The van der Waals surface area contributed by atoms with Crippen molar-refractivity contribution in [1.29, 1.82) is 0 Å². The van der Waals surface area contributed by atoms with Gasteiger partial charge >= 0.3 is 0 Å². The van der Waals surface area contributed by atoms with Crippen LogP contribution in [0.5, 0.6) is 0 Å². The average molecular weight is 399 g/mol. The van der Waals surface area contributed by atoms with E-state index in [1.807, 2.05) is 12.1 Å². The Hall–Kier alpha value is -2.80. The van der Waals surface area contributed by atoms with E-state index in [0.717, 1.165) is 51.3 Å². The molecule has 1 fully saturated rings. The van der Waals surface area contributed by atoms with Crippen LogP contribution < -0.4 is 15.5 Å². The number of anilines is 2. The number of furan rings is 1. The molecule has 2 heterocycles. The summed E-state index contributed by atoms with van der Waals surface area (Å²) in [6.07, 6.45) is 3.71. The van der Waals surface area contributed by atoms with Gasteiger partial charge in [-0.25, -0.2) is 0 Å². The van der Waals surface area contributed by atoms with Crippen molar-refractivity contribution >= 4 is 23.2 Å². The third kappa shape index (κ3) is 5.38. The highest BCUT2D eigenvalue weighted by Gasteiger charge is 2.21. The summed E-state index contributed by atoms with van der Waals surface area (Å²) in [4.78, 5) is 29.7. The number of likely N-dealkylation sites (N-methyl/N-ethyl adjacent to an activating group) is 1. The molecule has 0 bridgehead atoms. The first-order valence-electron chi connectivity index (χ1n) is 10.4. The van der Waals surface area contributed by atoms with Gasteiger partial charge in [-0.15, -0.1) is 0 Å². The van der Waals surface area contributed by atoms with Crippen molar-refractivity contribution in [2.24, 2.45) is 0 Å². The van der Waals surface area contributed by atoms with E-state index in [9.17, 15) is 9.59 Å². The molecule has 1 aromatic carbocycles. The highest BCUT2D eigenvalue weighted by atomic mass is 16.3. The molecule has 0 atom stereocenters. The first kappa shape index (κ1) is 20.9. The first-order valence-corrected chi connectivity index (χ1v) is 10.4. The standard InChI is InChI=1S/C22H30N4O3/c1-3-25(4-2)14-11-23-21(27)18-16-17(24-22(28)20-8-7-15-29-20)9-10-19(18)26-12-5-6-13-26/h7-10,15-16H,3-6,11-14H2,1-2H3,(H,23,27)(H,24,28). The number of hydrogen-bond donors (Lipinski definition) is 2. The zero-order chi connectivity index (χ0) is 20.6. The summed E-state index contributed by atoms with van der Waals surface area (Å²) in [7, 11) is 0. The van der Waals surface area contributed by atoms with Crippen molar-refractivity contribution in [2.45, 2.75) is 26.7 Å². The number of rotatable bonds is 9. The molecular weight excluding hydrogens is 368 g/mol. The van der Waals surface area contributed by atoms with Crippen LogP contribution in [0.25, 0.3) is 0 Å². The molecule has 0 aliphatic carbocycles. The summed E-state index contributed by atoms with van der Waals surface area (Å²) in [5, 5.41) is 5.84. The fraction of sp³-hybridized carbons (Fsp3) is 0.455. The minimum absolute atomic E-state index is 0.117. The number of hydrogen-bond acceptors (Lipinski definition) is 5. The van der Waals surface area contributed by atoms with E-state index < -0.39 is 0 Å². The quantitative estimate of drug-likeness (QED) is 0.678. The van der Waals surface area contributed by atoms with E-state index >= 15 is 0 Å². The lowest BCUT2D eigenvalue weighted by Gasteiger charge is -2.22. The third-order valence-electron chi connectivity index (χ3n) is 5.30. The minimum atomic E-state index is -0.336. The van der Waals surface area contributed by atoms with Crippen LogP contribution in [0.3, 0.4) is 0 Å². The fourth-order valence-electron chi connectivity index (χ4n) is 3.59. The Kier molecular flexibility index (Phi) is 7.30. The van der Waals surface area contributed by atoms with Gasteiger partial charge in [0.1, 0.15) is 0 Å². The molecule has 2 aromatic rings. The zero-order valence-corrected chi connectivity index (χ0v) is 17.2. The monoisotopic (exact) mass is 398 g/mol. The molecule has 7 nitrogen and oxygen atoms in total. The molecule has 7 heteroatoms. The molecule has 2 N–H and O–H groups in total. The van der Waals surface area contributed by atoms with E-state index in [2.05, 4.69) is 34.3 Å². The van der Waals surface area contributed by atoms with E-state index in [1.54, 1.807) is 18.2 Å². The van der Waals surface area contributed by atoms with E-state index in [4.69, 9.17) is 4.42 Å². The maximum absolute atomic E-state index is 13.0. The van der Waals surface area contributed by atoms with Gasteiger partial charge in [0.25, 0.3) is 11.8 Å². The Labute approximate surface area is 172 Å². The third-order valence-corrected chi connectivity index (χ3v) is 5.30. The molecule has 1 aliphatic rings. The van der Waals surface area contributed by atoms with Crippen molar-refractivity contribution in [1.82, 2.24) is 10.2 Å². The summed E-state index contributed by atoms with van der Waals surface area (Å²) in [6, 6.07) is 8.78. The van der Waals surface area contributed by atoms with Crippen LogP contribution in [-0.4, -0.2) is 56.0 Å². The summed E-state index contributed by atoms with van der Waals surface area (Å²) < 4.78 is 5.14. The van der Waals surface area contributed by atoms with Crippen LogP contribution in [-0.2, 0) is 0 Å². The lowest BCUT2D eigenvalue weighted by molar-refractivity contribution is 0.0947. The number of amides is 2. The number of nitrogens with zero attached hydrogens (tertiary/aromatic N) is 2. The van der Waals surface area contributed by atoms with Crippen LogP contribution in [0.1, 0.15) is 47.6 Å². The minimum Gasteiger partial charge on any atom is -0.459 e. The molecule has 156 valence electrons. The number of nitrogens with one attached hydrogen (secondary N) is 2. The van der Waals surface area contributed by atoms with Crippen molar-refractivity contribution in [3.8, 4) is 0 Å². The summed E-state index contributed by atoms with van der Waals surface area (Å²) in [5.74, 6) is -0.219. The molecule has 0 unspecified atom stereocenters. The Morgan fingerprint density at radius 2 is 1.86 bits per heavy atom. The van der Waals surface area contributed by atoms with Crippen molar-refractivity contribution in [2.75, 3.05) is 49.5 Å². The summed E-state index contributed by atoms with van der Waals surface area (Å²) in [5.41, 5.74) is 2.07. The smallest absolute Gasteiger partial charge is 0.291 e. The maximum Gasteiger partial charge on any atom is 0.291 e. The zero-order valence-electron chi connectivity index (χ0n) is 17.2. The Balaban J connectivity index is 1.75. The second kappa shape index (κ2) is 10.1. The van der Waals surface area contributed by atoms with Crippen LogP contribution >= 0.6 is 0 Å². The average Bonchev–Trinajstić information content (AvgIpc) is 3.45. The molecule has 3 rings (SSSR count). The Morgan fingerprint density at radius 1 is 1.10 bits per heavy atom. The second-order valence-corrected chi connectivity index (χ2v) is 7.14. The van der Waals surface area contributed by atoms with E-state index in [0.29, 0.717) is 17.8 Å². The van der Waals surface area contributed by atoms with Crippen LogP contribution in [0.2, 0.25) is 0 Å². The maximum atomic E-state index is 13.0. The topological polar surface area (TPSA) is 77.8 Å². The van der Waals surface area contributed by atoms with Gasteiger partial charge < -0.3 is 24.9 Å². The van der Waals surface area contributed by atoms with Gasteiger partial charge in [0.15, 0.2) is 5.76 Å². The van der Waals surface area contributed by atoms with Crippen molar-refractivity contribution in [3.63, 3.8) is 0 Å². The van der Waals surface area contributed by atoms with Gasteiger partial charge in [0.05, 0.1) is 11.8 Å². The molecule has 2 amide bonds. The Bertz CT molecular complexity index is 809. The number of carbonyl (C=O) groups is 2. The SMILES string of the molecule is CCN(CC)CCNC(=O)c1cc(NC(=O)c2ccco2)ccc1N1CCCC1. The predicted octanol–water partition coefficient (Wildman–Crippen LogP) is 3.20. The highest BCUT2D eigenvalue weighted by Crippen LogP contribution is 2.28. The molecular formula is C22H30N4O3. The van der Waals surface area contributed by atoms with Crippen LogP contribution in [0.4, 0.5) is 11.4 Å². The molecule has 1 aliphatic heterocycles. The van der Waals surface area contributed by atoms with Gasteiger partial charge in [0, 0.05) is 37.6 Å². The molecule has 0 radical (unpaired) electrons. The highest BCUT2D eigenvalue weighted by molar-refractivity contribution is 6.05. The van der Waals surface area contributed by atoms with Crippen LogP contribution in [0, 0.1) is 0 Å². The lowest BCUT2D eigenvalue weighted by atomic mass is 10.1. The first-order chi connectivity index (χ1) is 14.1. The van der Waals surface area contributed by atoms with Crippen molar-refractivity contribution in [3.05, 3.63) is 47.9 Å². The number of benzene rings is 1. The van der Waals surface area contributed by atoms with Crippen molar-refractivity contribution < 1.29 is 14.0 Å². The molecule has 29 heavy (non-hydrogen) atoms. The van der Waals surface area contributed by atoms with E-state index in [-0.39, 0.29) is 17.6 Å². The molecule has 0 saturated carbocycles. The summed E-state index contributed by atoms with van der Waals surface area (Å²) in [6.45, 7) is 9.43. The summed E-state index contributed by atoms with van der Waals surface area (Å²) >= 11 is 0. The van der Waals surface area contributed by atoms with Gasteiger partial charge in [-0.1, -0.05) is 13.8 Å². The van der Waals surface area contributed by atoms with Gasteiger partial charge in [-0.3, -0.25) is 9.59 Å². The van der Waals surface area contributed by atoms with E-state index in [1.165, 1.54) is 6.26 Å². The fourth-order valence-corrected chi connectivity index (χ4v) is 3.59. The number of carbonyl (C=O) groups excluding carboxylic acids is 2. The second-order valence-electron chi connectivity index (χ2n) is 7.14. The van der Waals surface area contributed by atoms with Gasteiger partial charge in [-0.05, 0) is 56.3 Å². The van der Waals surface area contributed by atoms with Gasteiger partial charge in [-0.2, -0.15) is 0 Å². The normalized spacial score (nSPS) is 13.7. The lowest BCUT2D eigenvalue weighted by Crippen LogP contribution is -2.35. The largest absolute Gasteiger partial charge is 0.459 e. The predicted molar refractivity (Wildman–Crippen MR) is 115 cm³/mol.